The number of H-pyrrole nitrogens is 2. The van der Waals surface area contributed by atoms with Crippen molar-refractivity contribution in [3.8, 4) is 17.1 Å². The van der Waals surface area contributed by atoms with Gasteiger partial charge in [-0.2, -0.15) is 0 Å². The Labute approximate surface area is 160 Å². The molecule has 2 aromatic carbocycles. The Morgan fingerprint density at radius 1 is 1.00 bits per heavy atom. The Kier molecular flexibility index (Phi) is 4.57. The number of ether oxygens (including phenoxy) is 1. The summed E-state index contributed by atoms with van der Waals surface area (Å²) in [5.74, 6) is 1.51. The fourth-order valence-corrected chi connectivity index (χ4v) is 3.31. The van der Waals surface area contributed by atoms with Crippen LogP contribution in [0.1, 0.15) is 5.56 Å². The summed E-state index contributed by atoms with van der Waals surface area (Å²) in [6, 6.07) is 17.7. The van der Waals surface area contributed by atoms with Gasteiger partial charge in [-0.3, -0.25) is 9.78 Å². The maximum absolute atomic E-state index is 12.6. The molecule has 28 heavy (non-hydrogen) atoms. The molecule has 0 amide bonds. The SMILES string of the molecule is COc1ccc(-c2[nH]c3c(=O)n(C)c(=O)[nH]c3[n+]2CCc2ccccc2)cc1. The Balaban J connectivity index is 1.87. The zero-order chi connectivity index (χ0) is 19.7. The van der Waals surface area contributed by atoms with E-state index in [9.17, 15) is 9.59 Å². The zero-order valence-corrected chi connectivity index (χ0v) is 15.7. The van der Waals surface area contributed by atoms with Crippen LogP contribution in [0.25, 0.3) is 22.6 Å². The second-order valence-corrected chi connectivity index (χ2v) is 6.61. The van der Waals surface area contributed by atoms with Gasteiger partial charge in [0.1, 0.15) is 5.75 Å². The van der Waals surface area contributed by atoms with Gasteiger partial charge in [0.15, 0.2) is 0 Å². The van der Waals surface area contributed by atoms with Crippen LogP contribution < -0.4 is 20.6 Å². The number of aromatic nitrogens is 4. The number of nitrogens with one attached hydrogen (secondary N) is 2. The van der Waals surface area contributed by atoms with Gasteiger partial charge in [0.25, 0.3) is 5.65 Å². The highest BCUT2D eigenvalue weighted by Crippen LogP contribution is 2.20. The van der Waals surface area contributed by atoms with E-state index >= 15 is 0 Å². The molecule has 0 aliphatic heterocycles. The average molecular weight is 377 g/mol. The number of methoxy groups -OCH3 is 1. The van der Waals surface area contributed by atoms with Crippen molar-refractivity contribution in [3.05, 3.63) is 81.0 Å². The van der Waals surface area contributed by atoms with E-state index in [4.69, 9.17) is 4.74 Å². The summed E-state index contributed by atoms with van der Waals surface area (Å²) in [6.45, 7) is 0.606. The molecule has 2 aromatic heterocycles. The molecule has 0 unspecified atom stereocenters. The maximum Gasteiger partial charge on any atom is 0.386 e. The highest BCUT2D eigenvalue weighted by atomic mass is 16.5. The van der Waals surface area contributed by atoms with E-state index < -0.39 is 5.69 Å². The third-order valence-electron chi connectivity index (χ3n) is 4.90. The van der Waals surface area contributed by atoms with E-state index in [0.717, 1.165) is 28.1 Å². The maximum atomic E-state index is 12.6. The number of imidazole rings is 1. The number of hydrogen-bond acceptors (Lipinski definition) is 3. The van der Waals surface area contributed by atoms with Gasteiger partial charge in [-0.1, -0.05) is 30.3 Å². The lowest BCUT2D eigenvalue weighted by Crippen LogP contribution is -2.40. The molecule has 0 spiro atoms. The molecular weight excluding hydrogens is 356 g/mol. The second-order valence-electron chi connectivity index (χ2n) is 6.61. The summed E-state index contributed by atoms with van der Waals surface area (Å²) >= 11 is 0. The molecule has 0 bridgehead atoms. The zero-order valence-electron chi connectivity index (χ0n) is 15.7. The summed E-state index contributed by atoms with van der Waals surface area (Å²) in [6.07, 6.45) is 0.763. The molecular formula is C21H21N4O3+. The predicted octanol–water partition coefficient (Wildman–Crippen LogP) is 1.76. The second kappa shape index (κ2) is 7.19. The monoisotopic (exact) mass is 377 g/mol. The van der Waals surface area contributed by atoms with Crippen molar-refractivity contribution in [1.82, 2.24) is 14.5 Å². The van der Waals surface area contributed by atoms with Gasteiger partial charge in [-0.05, 0) is 29.8 Å². The molecule has 2 heterocycles. The van der Waals surface area contributed by atoms with E-state index in [1.54, 1.807) is 7.11 Å². The topological polar surface area (TPSA) is 83.8 Å². The molecule has 0 aliphatic rings. The fourth-order valence-electron chi connectivity index (χ4n) is 3.31. The summed E-state index contributed by atoms with van der Waals surface area (Å²) in [4.78, 5) is 30.8. The normalized spacial score (nSPS) is 11.1. The van der Waals surface area contributed by atoms with E-state index in [1.807, 2.05) is 47.0 Å². The van der Waals surface area contributed by atoms with Crippen LogP contribution in [0.2, 0.25) is 0 Å². The largest absolute Gasteiger partial charge is 0.497 e. The molecule has 0 aliphatic carbocycles. The fraction of sp³-hybridized carbons (Fsp3) is 0.190. The highest BCUT2D eigenvalue weighted by molar-refractivity contribution is 5.70. The number of nitrogens with zero attached hydrogens (tertiary/aromatic N) is 2. The summed E-state index contributed by atoms with van der Waals surface area (Å²) in [5.41, 5.74) is 2.15. The van der Waals surface area contributed by atoms with Gasteiger partial charge in [-0.15, -0.1) is 0 Å². The molecule has 0 saturated carbocycles. The number of aromatic amines is 2. The lowest BCUT2D eigenvalue weighted by molar-refractivity contribution is -0.661. The molecule has 4 rings (SSSR count). The van der Waals surface area contributed by atoms with Gasteiger partial charge < -0.3 is 4.74 Å². The van der Waals surface area contributed by atoms with Crippen LogP contribution >= 0.6 is 0 Å². The van der Waals surface area contributed by atoms with E-state index in [0.29, 0.717) is 17.7 Å². The lowest BCUT2D eigenvalue weighted by Gasteiger charge is -2.05. The first-order valence-electron chi connectivity index (χ1n) is 9.01. The molecule has 0 saturated heterocycles. The van der Waals surface area contributed by atoms with Crippen LogP contribution in [0.4, 0.5) is 0 Å². The van der Waals surface area contributed by atoms with Crippen molar-refractivity contribution in [3.63, 3.8) is 0 Å². The average Bonchev–Trinajstić information content (AvgIpc) is 3.09. The third kappa shape index (κ3) is 3.11. The van der Waals surface area contributed by atoms with Gasteiger partial charge in [0.05, 0.1) is 13.7 Å². The molecule has 0 atom stereocenters. The van der Waals surface area contributed by atoms with Crippen molar-refractivity contribution < 1.29 is 9.30 Å². The van der Waals surface area contributed by atoms with Crippen molar-refractivity contribution in [2.75, 3.05) is 7.11 Å². The first kappa shape index (κ1) is 17.8. The van der Waals surface area contributed by atoms with Crippen LogP contribution in [0.3, 0.4) is 0 Å². The van der Waals surface area contributed by atoms with Crippen molar-refractivity contribution >= 4 is 11.2 Å². The predicted molar refractivity (Wildman–Crippen MR) is 106 cm³/mol. The van der Waals surface area contributed by atoms with Crippen molar-refractivity contribution in [1.29, 1.82) is 0 Å². The van der Waals surface area contributed by atoms with Crippen LogP contribution in [-0.4, -0.2) is 21.6 Å². The number of benzene rings is 2. The Morgan fingerprint density at radius 2 is 1.71 bits per heavy atom. The van der Waals surface area contributed by atoms with Crippen LogP contribution in [0.5, 0.6) is 5.75 Å². The summed E-state index contributed by atoms with van der Waals surface area (Å²) in [7, 11) is 3.08. The number of aryl methyl sites for hydroxylation is 2. The van der Waals surface area contributed by atoms with Crippen LogP contribution in [0, 0.1) is 0 Å². The third-order valence-corrected chi connectivity index (χ3v) is 4.90. The Bertz CT molecular complexity index is 1240. The molecule has 0 fully saturated rings. The number of fused-ring (bicyclic) bond motifs is 1. The molecule has 7 heteroatoms. The minimum absolute atomic E-state index is 0.355. The van der Waals surface area contributed by atoms with E-state index in [1.165, 1.54) is 12.6 Å². The standard InChI is InChI=1S/C21H20N4O3/c1-24-20(26)17-19(23-21(24)27)25(13-12-14-6-4-3-5-7-14)18(22-17)15-8-10-16(28-2)11-9-15/h3-11H,12-13H2,1-2H3,(H,23,26,27)/p+1. The summed E-state index contributed by atoms with van der Waals surface area (Å²) in [5, 5.41) is 0. The Morgan fingerprint density at radius 3 is 2.39 bits per heavy atom. The van der Waals surface area contributed by atoms with Gasteiger partial charge in [-0.25, -0.2) is 18.9 Å². The first-order chi connectivity index (χ1) is 13.6. The van der Waals surface area contributed by atoms with E-state index in [-0.39, 0.29) is 5.56 Å². The quantitative estimate of drug-likeness (QED) is 0.520. The molecule has 142 valence electrons. The lowest BCUT2D eigenvalue weighted by atomic mass is 10.1. The minimum atomic E-state index is -0.439. The van der Waals surface area contributed by atoms with Gasteiger partial charge >= 0.3 is 11.2 Å². The van der Waals surface area contributed by atoms with Gasteiger partial charge in [0, 0.05) is 19.0 Å². The van der Waals surface area contributed by atoms with Crippen molar-refractivity contribution in [2.24, 2.45) is 7.05 Å². The first-order valence-corrected chi connectivity index (χ1v) is 9.01. The molecule has 0 radical (unpaired) electrons. The Hall–Kier alpha value is -3.61. The smallest absolute Gasteiger partial charge is 0.386 e. The van der Waals surface area contributed by atoms with Gasteiger partial charge in [0.2, 0.25) is 11.3 Å². The number of hydrogen-bond donors (Lipinski definition) is 2. The highest BCUT2D eigenvalue weighted by Gasteiger charge is 2.23. The molecule has 7 nitrogen and oxygen atoms in total. The van der Waals surface area contributed by atoms with Crippen molar-refractivity contribution in [2.45, 2.75) is 13.0 Å². The minimum Gasteiger partial charge on any atom is -0.497 e. The van der Waals surface area contributed by atoms with E-state index in [2.05, 4.69) is 22.1 Å². The molecule has 4 aromatic rings. The van der Waals surface area contributed by atoms with Crippen LogP contribution in [0.15, 0.2) is 64.2 Å². The molecule has 2 N–H and O–H groups in total. The van der Waals surface area contributed by atoms with Crippen LogP contribution in [-0.2, 0) is 20.0 Å². The summed E-state index contributed by atoms with van der Waals surface area (Å²) < 4.78 is 8.25. The number of rotatable bonds is 5.